The van der Waals surface area contributed by atoms with Crippen molar-refractivity contribution in [2.75, 3.05) is 18.5 Å². The number of hydrogen-bond donors (Lipinski definition) is 2. The van der Waals surface area contributed by atoms with Crippen LogP contribution in [-0.2, 0) is 6.61 Å². The predicted octanol–water partition coefficient (Wildman–Crippen LogP) is 1.30. The lowest BCUT2D eigenvalue weighted by molar-refractivity contribution is 0.0885. The molecule has 0 amide bonds. The van der Waals surface area contributed by atoms with Gasteiger partial charge in [-0.1, -0.05) is 13.8 Å². The van der Waals surface area contributed by atoms with E-state index in [0.29, 0.717) is 12.2 Å². The van der Waals surface area contributed by atoms with Crippen molar-refractivity contribution in [2.24, 2.45) is 0 Å². The molecule has 1 rings (SSSR count). The summed E-state index contributed by atoms with van der Waals surface area (Å²) in [6.45, 7) is 7.82. The predicted molar refractivity (Wildman–Crippen MR) is 71.6 cm³/mol. The van der Waals surface area contributed by atoms with Gasteiger partial charge in [0.05, 0.1) is 29.8 Å². The Morgan fingerprint density at radius 3 is 2.44 bits per heavy atom. The van der Waals surface area contributed by atoms with Gasteiger partial charge in [-0.3, -0.25) is 0 Å². The second-order valence-electron chi connectivity index (χ2n) is 5.54. The summed E-state index contributed by atoms with van der Waals surface area (Å²) in [5.74, 6) is 0.948. The van der Waals surface area contributed by atoms with Crippen molar-refractivity contribution in [2.45, 2.75) is 45.8 Å². The number of anilines is 1. The number of rotatable bonds is 5. The zero-order valence-electron chi connectivity index (χ0n) is 11.8. The zero-order chi connectivity index (χ0) is 13.9. The van der Waals surface area contributed by atoms with E-state index in [1.165, 1.54) is 0 Å². The molecule has 0 saturated carbocycles. The van der Waals surface area contributed by atoms with E-state index < -0.39 is 5.60 Å². The van der Waals surface area contributed by atoms with Gasteiger partial charge in [0, 0.05) is 19.5 Å². The Bertz CT molecular complexity index is 400. The van der Waals surface area contributed by atoms with E-state index >= 15 is 0 Å². The van der Waals surface area contributed by atoms with Crippen LogP contribution in [0.1, 0.15) is 45.1 Å². The second-order valence-corrected chi connectivity index (χ2v) is 5.54. The third kappa shape index (κ3) is 3.92. The lowest BCUT2D eigenvalue weighted by atomic mass is 10.1. The Balaban J connectivity index is 3.02. The Morgan fingerprint density at radius 1 is 1.39 bits per heavy atom. The summed E-state index contributed by atoms with van der Waals surface area (Å²) >= 11 is 0. The average molecular weight is 253 g/mol. The molecule has 0 saturated heterocycles. The van der Waals surface area contributed by atoms with Gasteiger partial charge in [-0.05, 0) is 13.8 Å². The molecule has 0 radical (unpaired) electrons. The van der Waals surface area contributed by atoms with Crippen molar-refractivity contribution < 1.29 is 10.2 Å². The first-order valence-corrected chi connectivity index (χ1v) is 6.15. The molecule has 1 aromatic rings. The molecule has 5 nitrogen and oxygen atoms in total. The molecular weight excluding hydrogens is 230 g/mol. The summed E-state index contributed by atoms with van der Waals surface area (Å²) in [5.41, 5.74) is 0.544. The van der Waals surface area contributed by atoms with E-state index in [1.807, 2.05) is 25.8 Å². The summed E-state index contributed by atoms with van der Waals surface area (Å²) in [4.78, 5) is 10.5. The van der Waals surface area contributed by atoms with Crippen LogP contribution in [0.2, 0.25) is 0 Å². The molecule has 102 valence electrons. The largest absolute Gasteiger partial charge is 0.390 e. The van der Waals surface area contributed by atoms with Gasteiger partial charge in [0.2, 0.25) is 0 Å². The average Bonchev–Trinajstić information content (AvgIpc) is 2.25. The number of aromatic nitrogens is 2. The first-order valence-electron chi connectivity index (χ1n) is 6.15. The fourth-order valence-corrected chi connectivity index (χ4v) is 1.81. The zero-order valence-corrected chi connectivity index (χ0v) is 11.8. The Kier molecular flexibility index (Phi) is 4.65. The highest BCUT2D eigenvalue weighted by Gasteiger charge is 2.19. The van der Waals surface area contributed by atoms with E-state index in [0.717, 1.165) is 11.5 Å². The molecule has 0 aliphatic carbocycles. The van der Waals surface area contributed by atoms with Crippen LogP contribution in [-0.4, -0.2) is 39.4 Å². The number of aliphatic hydroxyl groups excluding tert-OH is 1. The van der Waals surface area contributed by atoms with Crippen LogP contribution in [0.15, 0.2) is 6.20 Å². The van der Waals surface area contributed by atoms with Crippen molar-refractivity contribution in [3.63, 3.8) is 0 Å². The topological polar surface area (TPSA) is 69.5 Å². The van der Waals surface area contributed by atoms with Crippen LogP contribution in [0.4, 0.5) is 5.69 Å². The summed E-state index contributed by atoms with van der Waals surface area (Å²) in [6.07, 6.45) is 1.71. The fraction of sp³-hybridized carbons (Fsp3) is 0.692. The molecule has 0 aromatic carbocycles. The number of hydrogen-bond acceptors (Lipinski definition) is 5. The van der Waals surface area contributed by atoms with E-state index in [4.69, 9.17) is 0 Å². The summed E-state index contributed by atoms with van der Waals surface area (Å²) in [7, 11) is 1.85. The van der Waals surface area contributed by atoms with Gasteiger partial charge in [0.1, 0.15) is 5.82 Å². The minimum atomic E-state index is -0.807. The molecule has 0 atom stereocenters. The van der Waals surface area contributed by atoms with Gasteiger partial charge in [-0.25, -0.2) is 9.97 Å². The first-order chi connectivity index (χ1) is 8.24. The van der Waals surface area contributed by atoms with E-state index in [2.05, 4.69) is 9.97 Å². The molecule has 0 aliphatic rings. The highest BCUT2D eigenvalue weighted by molar-refractivity contribution is 5.48. The molecule has 5 heteroatoms. The van der Waals surface area contributed by atoms with Crippen LogP contribution in [0.5, 0.6) is 0 Å². The van der Waals surface area contributed by atoms with Crippen molar-refractivity contribution in [3.05, 3.63) is 17.7 Å². The van der Waals surface area contributed by atoms with Crippen LogP contribution in [0, 0.1) is 0 Å². The van der Waals surface area contributed by atoms with Crippen LogP contribution < -0.4 is 4.90 Å². The SMILES string of the molecule is CC(C)c1ncc(N(C)CC(C)(C)O)c(CO)n1. The fourth-order valence-electron chi connectivity index (χ4n) is 1.81. The van der Waals surface area contributed by atoms with E-state index in [1.54, 1.807) is 20.0 Å². The maximum Gasteiger partial charge on any atom is 0.131 e. The van der Waals surface area contributed by atoms with Gasteiger partial charge in [-0.2, -0.15) is 0 Å². The lowest BCUT2D eigenvalue weighted by Crippen LogP contribution is -2.37. The molecule has 0 bridgehead atoms. The summed E-state index contributed by atoms with van der Waals surface area (Å²) in [6, 6.07) is 0. The van der Waals surface area contributed by atoms with Gasteiger partial charge >= 0.3 is 0 Å². The van der Waals surface area contributed by atoms with Gasteiger partial charge in [-0.15, -0.1) is 0 Å². The highest BCUT2D eigenvalue weighted by atomic mass is 16.3. The Morgan fingerprint density at radius 2 is 2.00 bits per heavy atom. The van der Waals surface area contributed by atoms with Crippen molar-refractivity contribution in [3.8, 4) is 0 Å². The molecule has 0 spiro atoms. The summed E-state index contributed by atoms with van der Waals surface area (Å²) < 4.78 is 0. The molecule has 18 heavy (non-hydrogen) atoms. The van der Waals surface area contributed by atoms with E-state index in [-0.39, 0.29) is 12.5 Å². The number of nitrogens with zero attached hydrogens (tertiary/aromatic N) is 3. The quantitative estimate of drug-likeness (QED) is 0.827. The summed E-state index contributed by atoms with van der Waals surface area (Å²) in [5, 5.41) is 19.2. The highest BCUT2D eigenvalue weighted by Crippen LogP contribution is 2.21. The van der Waals surface area contributed by atoms with Crippen molar-refractivity contribution in [1.29, 1.82) is 0 Å². The normalized spacial score (nSPS) is 12.0. The minimum absolute atomic E-state index is 0.131. The minimum Gasteiger partial charge on any atom is -0.390 e. The molecule has 1 heterocycles. The maximum atomic E-state index is 9.81. The van der Waals surface area contributed by atoms with E-state index in [9.17, 15) is 10.2 Å². The molecule has 2 N–H and O–H groups in total. The standard InChI is InChI=1S/C13H23N3O2/c1-9(2)12-14-6-11(10(7-17)15-12)16(5)8-13(3,4)18/h6,9,17-18H,7-8H2,1-5H3. The smallest absolute Gasteiger partial charge is 0.131 e. The monoisotopic (exact) mass is 253 g/mol. The molecule has 1 aromatic heterocycles. The number of likely N-dealkylation sites (N-methyl/N-ethyl adjacent to an activating group) is 1. The van der Waals surface area contributed by atoms with Crippen LogP contribution >= 0.6 is 0 Å². The van der Waals surface area contributed by atoms with Crippen molar-refractivity contribution >= 4 is 5.69 Å². The number of aliphatic hydroxyl groups is 2. The third-order valence-electron chi connectivity index (χ3n) is 2.57. The second kappa shape index (κ2) is 5.63. The van der Waals surface area contributed by atoms with Gasteiger partial charge in [0.25, 0.3) is 0 Å². The Labute approximate surface area is 109 Å². The molecular formula is C13H23N3O2. The van der Waals surface area contributed by atoms with Gasteiger partial charge in [0.15, 0.2) is 0 Å². The van der Waals surface area contributed by atoms with Crippen LogP contribution in [0.3, 0.4) is 0 Å². The first kappa shape index (κ1) is 14.9. The molecule has 0 unspecified atom stereocenters. The maximum absolute atomic E-state index is 9.81. The van der Waals surface area contributed by atoms with Gasteiger partial charge < -0.3 is 15.1 Å². The molecule has 0 aliphatic heterocycles. The lowest BCUT2D eigenvalue weighted by Gasteiger charge is -2.28. The van der Waals surface area contributed by atoms with Crippen molar-refractivity contribution in [1.82, 2.24) is 9.97 Å². The third-order valence-corrected chi connectivity index (χ3v) is 2.57. The molecule has 0 fully saturated rings. The Hall–Kier alpha value is -1.20. The van der Waals surface area contributed by atoms with Crippen LogP contribution in [0.25, 0.3) is 0 Å².